The number of benzene rings is 2. The summed E-state index contributed by atoms with van der Waals surface area (Å²) >= 11 is 7.58. The number of thioether (sulfide) groups is 1. The average molecular weight is 390 g/mol. The van der Waals surface area contributed by atoms with Crippen LogP contribution in [0, 0.1) is 0 Å². The molecule has 3 aromatic rings. The highest BCUT2D eigenvalue weighted by Crippen LogP contribution is 2.25. The lowest BCUT2D eigenvalue weighted by Gasteiger charge is -2.09. The Morgan fingerprint density at radius 3 is 2.58 bits per heavy atom. The van der Waals surface area contributed by atoms with Crippen molar-refractivity contribution >= 4 is 23.4 Å². The van der Waals surface area contributed by atoms with E-state index in [4.69, 9.17) is 21.1 Å². The molecule has 26 heavy (non-hydrogen) atoms. The minimum Gasteiger partial charge on any atom is -0.497 e. The highest BCUT2D eigenvalue weighted by Gasteiger charge is 2.13. The zero-order chi connectivity index (χ0) is 18.4. The van der Waals surface area contributed by atoms with Crippen molar-refractivity contribution in [2.24, 2.45) is 0 Å². The minimum atomic E-state index is 0.569. The molecule has 0 atom stereocenters. The van der Waals surface area contributed by atoms with Crippen LogP contribution in [0.15, 0.2) is 53.7 Å². The van der Waals surface area contributed by atoms with Crippen LogP contribution in [0.4, 0.5) is 0 Å². The Morgan fingerprint density at radius 2 is 1.88 bits per heavy atom. The molecule has 0 unspecified atom stereocenters. The van der Waals surface area contributed by atoms with Gasteiger partial charge in [-0.2, -0.15) is 0 Å². The quantitative estimate of drug-likeness (QED) is 0.409. The highest BCUT2D eigenvalue weighted by molar-refractivity contribution is 7.99. The fourth-order valence-electron chi connectivity index (χ4n) is 2.48. The van der Waals surface area contributed by atoms with Gasteiger partial charge in [0.15, 0.2) is 11.0 Å². The van der Waals surface area contributed by atoms with Gasteiger partial charge in [0.05, 0.1) is 13.7 Å². The molecule has 1 heterocycles. The van der Waals surface area contributed by atoms with E-state index in [1.54, 1.807) is 18.9 Å². The number of rotatable bonds is 8. The fourth-order valence-corrected chi connectivity index (χ4v) is 3.48. The van der Waals surface area contributed by atoms with E-state index in [2.05, 4.69) is 21.7 Å². The maximum Gasteiger partial charge on any atom is 0.191 e. The minimum absolute atomic E-state index is 0.569. The monoisotopic (exact) mass is 389 g/mol. The summed E-state index contributed by atoms with van der Waals surface area (Å²) < 4.78 is 13.0. The predicted molar refractivity (Wildman–Crippen MR) is 105 cm³/mol. The van der Waals surface area contributed by atoms with Crippen molar-refractivity contribution in [2.75, 3.05) is 19.5 Å². The number of halogens is 1. The molecule has 136 valence electrons. The van der Waals surface area contributed by atoms with Crippen LogP contribution >= 0.6 is 23.4 Å². The third kappa shape index (κ3) is 4.51. The van der Waals surface area contributed by atoms with Gasteiger partial charge in [-0.3, -0.25) is 0 Å². The third-order valence-corrected chi connectivity index (χ3v) is 4.93. The molecule has 0 fully saturated rings. The van der Waals surface area contributed by atoms with Crippen molar-refractivity contribution < 1.29 is 9.47 Å². The van der Waals surface area contributed by atoms with Crippen LogP contribution in [0.3, 0.4) is 0 Å². The van der Waals surface area contributed by atoms with Crippen LogP contribution in [0.2, 0.25) is 5.02 Å². The Hall–Kier alpha value is -2.18. The van der Waals surface area contributed by atoms with E-state index in [0.717, 1.165) is 40.3 Å². The Morgan fingerprint density at radius 1 is 1.08 bits per heavy atom. The summed E-state index contributed by atoms with van der Waals surface area (Å²) in [5.74, 6) is 3.22. The van der Waals surface area contributed by atoms with Crippen LogP contribution in [0.5, 0.6) is 11.5 Å². The van der Waals surface area contributed by atoms with Gasteiger partial charge in [-0.1, -0.05) is 29.4 Å². The molecule has 1 aromatic heterocycles. The largest absolute Gasteiger partial charge is 0.497 e. The lowest BCUT2D eigenvalue weighted by atomic mass is 10.2. The lowest BCUT2D eigenvalue weighted by molar-refractivity contribution is 0.344. The number of aromatic nitrogens is 3. The Bertz CT molecular complexity index is 852. The lowest BCUT2D eigenvalue weighted by Crippen LogP contribution is -2.03. The first-order valence-electron chi connectivity index (χ1n) is 8.30. The second kappa shape index (κ2) is 8.96. The van der Waals surface area contributed by atoms with Crippen molar-refractivity contribution in [3.8, 4) is 22.9 Å². The molecule has 0 spiro atoms. The molecule has 0 radical (unpaired) electrons. The van der Waals surface area contributed by atoms with Gasteiger partial charge in [-0.05, 0) is 49.4 Å². The van der Waals surface area contributed by atoms with Crippen LogP contribution in [-0.2, 0) is 6.54 Å². The van der Waals surface area contributed by atoms with Gasteiger partial charge in [-0.25, -0.2) is 0 Å². The molecule has 0 amide bonds. The smallest absolute Gasteiger partial charge is 0.191 e. The van der Waals surface area contributed by atoms with Crippen molar-refractivity contribution in [2.45, 2.75) is 18.6 Å². The molecule has 0 aliphatic rings. The molecule has 0 saturated carbocycles. The van der Waals surface area contributed by atoms with Gasteiger partial charge in [0.1, 0.15) is 11.5 Å². The summed E-state index contributed by atoms with van der Waals surface area (Å²) in [6.07, 6.45) is 0. The maximum atomic E-state index is 5.96. The Labute approximate surface area is 162 Å². The second-order valence-corrected chi connectivity index (χ2v) is 6.93. The zero-order valence-corrected chi connectivity index (χ0v) is 16.3. The molecular formula is C19H20ClN3O2S. The predicted octanol–water partition coefficient (Wildman–Crippen LogP) is 4.80. The van der Waals surface area contributed by atoms with Crippen molar-refractivity contribution in [1.82, 2.24) is 14.8 Å². The molecule has 5 nitrogen and oxygen atoms in total. The SMILES string of the molecule is CCn1c(SCCOc2cccc(Cl)c2)nnc1-c1ccc(OC)cc1. The Kier molecular flexibility index (Phi) is 6.41. The maximum absolute atomic E-state index is 5.96. The Balaban J connectivity index is 1.62. The molecule has 0 aliphatic carbocycles. The third-order valence-electron chi connectivity index (χ3n) is 3.76. The van der Waals surface area contributed by atoms with Crippen molar-refractivity contribution in [1.29, 1.82) is 0 Å². The topological polar surface area (TPSA) is 49.2 Å². The normalized spacial score (nSPS) is 10.7. The number of hydrogen-bond acceptors (Lipinski definition) is 5. The molecule has 0 bridgehead atoms. The molecule has 0 saturated heterocycles. The first-order valence-corrected chi connectivity index (χ1v) is 9.66. The molecule has 0 N–H and O–H groups in total. The fraction of sp³-hybridized carbons (Fsp3) is 0.263. The van der Waals surface area contributed by atoms with E-state index in [9.17, 15) is 0 Å². The van der Waals surface area contributed by atoms with Gasteiger partial charge < -0.3 is 14.0 Å². The zero-order valence-electron chi connectivity index (χ0n) is 14.7. The number of ether oxygens (including phenoxy) is 2. The number of methoxy groups -OCH3 is 1. The molecule has 2 aromatic carbocycles. The molecular weight excluding hydrogens is 370 g/mol. The molecule has 7 heteroatoms. The van der Waals surface area contributed by atoms with Gasteiger partial charge in [0.25, 0.3) is 0 Å². The van der Waals surface area contributed by atoms with Gasteiger partial charge in [0, 0.05) is 22.9 Å². The van der Waals surface area contributed by atoms with Crippen molar-refractivity contribution in [3.63, 3.8) is 0 Å². The summed E-state index contributed by atoms with van der Waals surface area (Å²) in [4.78, 5) is 0. The van der Waals surface area contributed by atoms with Crippen LogP contribution in [0.25, 0.3) is 11.4 Å². The summed E-state index contributed by atoms with van der Waals surface area (Å²) in [5, 5.41) is 10.2. The standard InChI is InChI=1S/C19H20ClN3O2S/c1-3-23-18(14-7-9-16(24-2)10-8-14)21-22-19(23)26-12-11-25-17-6-4-5-15(20)13-17/h4-10,13H,3,11-12H2,1-2H3. The molecule has 0 aliphatic heterocycles. The van der Waals surface area contributed by atoms with E-state index in [0.29, 0.717) is 11.6 Å². The summed E-state index contributed by atoms with van der Waals surface area (Å²) in [7, 11) is 1.66. The van der Waals surface area contributed by atoms with E-state index < -0.39 is 0 Å². The second-order valence-electron chi connectivity index (χ2n) is 5.43. The van der Waals surface area contributed by atoms with Crippen LogP contribution < -0.4 is 9.47 Å². The van der Waals surface area contributed by atoms with Crippen LogP contribution in [-0.4, -0.2) is 34.2 Å². The van der Waals surface area contributed by atoms with Gasteiger partial charge >= 0.3 is 0 Å². The van der Waals surface area contributed by atoms with E-state index in [-0.39, 0.29) is 0 Å². The van der Waals surface area contributed by atoms with E-state index in [1.807, 2.05) is 48.5 Å². The number of hydrogen-bond donors (Lipinski definition) is 0. The number of nitrogens with zero attached hydrogens (tertiary/aromatic N) is 3. The first kappa shape index (κ1) is 18.6. The summed E-state index contributed by atoms with van der Waals surface area (Å²) in [6, 6.07) is 15.2. The highest BCUT2D eigenvalue weighted by atomic mass is 35.5. The van der Waals surface area contributed by atoms with E-state index in [1.165, 1.54) is 0 Å². The van der Waals surface area contributed by atoms with Gasteiger partial charge in [-0.15, -0.1) is 10.2 Å². The van der Waals surface area contributed by atoms with Gasteiger partial charge in [0.2, 0.25) is 0 Å². The van der Waals surface area contributed by atoms with Crippen LogP contribution in [0.1, 0.15) is 6.92 Å². The van der Waals surface area contributed by atoms with Crippen molar-refractivity contribution in [3.05, 3.63) is 53.6 Å². The van der Waals surface area contributed by atoms with E-state index >= 15 is 0 Å². The molecule has 3 rings (SSSR count). The summed E-state index contributed by atoms with van der Waals surface area (Å²) in [6.45, 7) is 3.45. The first-order chi connectivity index (χ1) is 12.7. The average Bonchev–Trinajstić information content (AvgIpc) is 3.08. The summed E-state index contributed by atoms with van der Waals surface area (Å²) in [5.41, 5.74) is 1.02.